The number of hydrogen-bond acceptors (Lipinski definition) is 6. The highest BCUT2D eigenvalue weighted by molar-refractivity contribution is 6.31. The van der Waals surface area contributed by atoms with Crippen molar-refractivity contribution in [2.45, 2.75) is 38.1 Å². The first kappa shape index (κ1) is 23.7. The third-order valence-corrected chi connectivity index (χ3v) is 7.04. The van der Waals surface area contributed by atoms with Crippen LogP contribution in [-0.4, -0.2) is 40.5 Å². The van der Waals surface area contributed by atoms with Gasteiger partial charge in [0.05, 0.1) is 0 Å². The van der Waals surface area contributed by atoms with Crippen LogP contribution in [0.4, 0.5) is 11.4 Å². The van der Waals surface area contributed by atoms with Crippen molar-refractivity contribution in [1.82, 2.24) is 10.2 Å². The number of nitrogens with zero attached hydrogens (tertiary/aromatic N) is 1. The topological polar surface area (TPSA) is 125 Å². The lowest BCUT2D eigenvalue weighted by atomic mass is 10.0. The first-order valence-electron chi connectivity index (χ1n) is 11.6. The van der Waals surface area contributed by atoms with E-state index in [0.29, 0.717) is 22.8 Å². The van der Waals surface area contributed by atoms with Crippen LogP contribution in [0, 0.1) is 12.8 Å². The van der Waals surface area contributed by atoms with E-state index >= 15 is 0 Å². The Morgan fingerprint density at radius 2 is 1.89 bits per heavy atom. The highest BCUT2D eigenvalue weighted by Crippen LogP contribution is 2.48. The third kappa shape index (κ3) is 4.61. The molecule has 184 valence electrons. The van der Waals surface area contributed by atoms with E-state index in [1.165, 1.54) is 0 Å². The van der Waals surface area contributed by atoms with Crippen LogP contribution in [0.25, 0.3) is 0 Å². The summed E-state index contributed by atoms with van der Waals surface area (Å²) in [6.45, 7) is 1.89. The maximum absolute atomic E-state index is 12.9. The molecular weight excluding hydrogens is 484 g/mol. The molecule has 2 heterocycles. The number of aryl methyl sites for hydroxylation is 1. The lowest BCUT2D eigenvalue weighted by Gasteiger charge is -2.28. The lowest BCUT2D eigenvalue weighted by molar-refractivity contribution is -0.149. The Kier molecular flexibility index (Phi) is 6.09. The van der Waals surface area contributed by atoms with E-state index in [1.54, 1.807) is 12.1 Å². The molecule has 3 atom stereocenters. The Labute approximate surface area is 211 Å². The Morgan fingerprint density at radius 3 is 2.64 bits per heavy atom. The second-order valence-corrected chi connectivity index (χ2v) is 9.60. The first-order chi connectivity index (χ1) is 17.2. The van der Waals surface area contributed by atoms with Crippen molar-refractivity contribution >= 4 is 52.5 Å². The fourth-order valence-electron chi connectivity index (χ4n) is 4.56. The molecule has 1 saturated heterocycles. The van der Waals surface area contributed by atoms with E-state index in [4.69, 9.17) is 11.6 Å². The minimum atomic E-state index is -1.02. The highest BCUT2D eigenvalue weighted by atomic mass is 35.5. The Morgan fingerprint density at radius 1 is 1.08 bits per heavy atom. The smallest absolute Gasteiger partial charge is 0.278 e. The Balaban J connectivity index is 1.23. The Bertz CT molecular complexity index is 1350. The summed E-state index contributed by atoms with van der Waals surface area (Å²) in [7, 11) is 0. The molecule has 0 bridgehead atoms. The standard InChI is InChI=1S/C26H23ClN4O5/c1-13-5-6-16(10-19(13)27)29-24(34)18-11-17(18)14-3-2-4-15(9-14)28-20-12-23(33)31(26(20)36)21-7-8-22(32)30-25(21)35/h2-6,9-10,12,17-18,21,28H,7-8,11H2,1H3,(H,29,34)(H,30,32,35). The van der Waals surface area contributed by atoms with E-state index in [-0.39, 0.29) is 36.3 Å². The summed E-state index contributed by atoms with van der Waals surface area (Å²) in [5, 5.41) is 8.63. The summed E-state index contributed by atoms with van der Waals surface area (Å²) in [5.74, 6) is -2.55. The van der Waals surface area contributed by atoms with Crippen LogP contribution in [0.1, 0.15) is 36.3 Å². The minimum Gasteiger partial charge on any atom is -0.351 e. The number of carbonyl (C=O) groups is 5. The molecule has 10 heteroatoms. The van der Waals surface area contributed by atoms with Gasteiger partial charge in [-0.05, 0) is 61.1 Å². The number of rotatable bonds is 6. The summed E-state index contributed by atoms with van der Waals surface area (Å²) in [5.41, 5.74) is 3.14. The fourth-order valence-corrected chi connectivity index (χ4v) is 4.74. The molecule has 2 aromatic rings. The van der Waals surface area contributed by atoms with E-state index in [2.05, 4.69) is 16.0 Å². The number of halogens is 1. The number of anilines is 2. The predicted molar refractivity (Wildman–Crippen MR) is 132 cm³/mol. The van der Waals surface area contributed by atoms with E-state index in [0.717, 1.165) is 22.1 Å². The number of benzene rings is 2. The van der Waals surface area contributed by atoms with Gasteiger partial charge in [-0.25, -0.2) is 0 Å². The van der Waals surface area contributed by atoms with Crippen molar-refractivity contribution in [2.75, 3.05) is 10.6 Å². The molecule has 3 N–H and O–H groups in total. The normalized spacial score (nSPS) is 23.3. The summed E-state index contributed by atoms with van der Waals surface area (Å²) in [4.78, 5) is 62.5. The molecule has 0 spiro atoms. The van der Waals surface area contributed by atoms with Gasteiger partial charge in [-0.15, -0.1) is 0 Å². The zero-order valence-corrected chi connectivity index (χ0v) is 20.1. The van der Waals surface area contributed by atoms with Gasteiger partial charge in [0.2, 0.25) is 17.7 Å². The molecule has 36 heavy (non-hydrogen) atoms. The molecule has 2 aliphatic heterocycles. The van der Waals surface area contributed by atoms with Gasteiger partial charge >= 0.3 is 0 Å². The van der Waals surface area contributed by atoms with E-state index < -0.39 is 29.7 Å². The molecule has 5 rings (SSSR count). The predicted octanol–water partition coefficient (Wildman–Crippen LogP) is 2.86. The molecule has 3 aliphatic rings. The maximum atomic E-state index is 12.9. The van der Waals surface area contributed by atoms with Crippen LogP contribution < -0.4 is 16.0 Å². The van der Waals surface area contributed by atoms with Gasteiger partial charge in [0.25, 0.3) is 11.8 Å². The van der Waals surface area contributed by atoms with Gasteiger partial charge in [0.15, 0.2) is 0 Å². The molecule has 5 amide bonds. The van der Waals surface area contributed by atoms with Crippen LogP contribution in [0.2, 0.25) is 5.02 Å². The largest absolute Gasteiger partial charge is 0.351 e. The summed E-state index contributed by atoms with van der Waals surface area (Å²) in [6.07, 6.45) is 2.00. The number of piperidine rings is 1. The van der Waals surface area contributed by atoms with Gasteiger partial charge in [-0.3, -0.25) is 34.2 Å². The van der Waals surface area contributed by atoms with Crippen molar-refractivity contribution in [1.29, 1.82) is 0 Å². The lowest BCUT2D eigenvalue weighted by Crippen LogP contribution is -2.54. The Hall–Kier alpha value is -3.98. The van der Waals surface area contributed by atoms with Crippen LogP contribution in [0.3, 0.4) is 0 Å². The zero-order chi connectivity index (χ0) is 25.6. The molecule has 3 unspecified atom stereocenters. The number of carbonyl (C=O) groups excluding carboxylic acids is 5. The summed E-state index contributed by atoms with van der Waals surface area (Å²) in [6, 6.07) is 11.7. The van der Waals surface area contributed by atoms with E-state index in [9.17, 15) is 24.0 Å². The van der Waals surface area contributed by atoms with Crippen LogP contribution in [0.15, 0.2) is 54.2 Å². The number of imide groups is 2. The second-order valence-electron chi connectivity index (χ2n) is 9.19. The van der Waals surface area contributed by atoms with Crippen molar-refractivity contribution < 1.29 is 24.0 Å². The number of hydrogen-bond donors (Lipinski definition) is 3. The van der Waals surface area contributed by atoms with Crippen LogP contribution in [-0.2, 0) is 24.0 Å². The molecule has 0 aromatic heterocycles. The van der Waals surface area contributed by atoms with Gasteiger partial charge in [-0.2, -0.15) is 0 Å². The third-order valence-electron chi connectivity index (χ3n) is 6.64. The molecule has 1 saturated carbocycles. The van der Waals surface area contributed by atoms with Gasteiger partial charge in [0.1, 0.15) is 11.7 Å². The SMILES string of the molecule is Cc1ccc(NC(=O)C2CC2c2cccc(NC3=CC(=O)N(C4CCC(=O)NC4=O)C3=O)c2)cc1Cl. The molecule has 2 fully saturated rings. The molecule has 1 aliphatic carbocycles. The molecular formula is C26H23ClN4O5. The van der Waals surface area contributed by atoms with Crippen LogP contribution >= 0.6 is 11.6 Å². The maximum Gasteiger partial charge on any atom is 0.278 e. The van der Waals surface area contributed by atoms with E-state index in [1.807, 2.05) is 37.3 Å². The van der Waals surface area contributed by atoms with Crippen molar-refractivity contribution in [3.05, 3.63) is 70.4 Å². The fraction of sp³-hybridized carbons (Fsp3) is 0.269. The van der Waals surface area contributed by atoms with Crippen molar-refractivity contribution in [2.24, 2.45) is 5.92 Å². The second kappa shape index (κ2) is 9.23. The molecule has 0 radical (unpaired) electrons. The summed E-state index contributed by atoms with van der Waals surface area (Å²) >= 11 is 6.15. The number of amides is 5. The minimum absolute atomic E-state index is 0.0301. The van der Waals surface area contributed by atoms with Gasteiger partial charge < -0.3 is 10.6 Å². The first-order valence-corrected chi connectivity index (χ1v) is 12.0. The van der Waals surface area contributed by atoms with Crippen molar-refractivity contribution in [3.8, 4) is 0 Å². The summed E-state index contributed by atoms with van der Waals surface area (Å²) < 4.78 is 0. The molecule has 2 aromatic carbocycles. The van der Waals surface area contributed by atoms with Gasteiger partial charge in [0, 0.05) is 34.8 Å². The quantitative estimate of drug-likeness (QED) is 0.517. The number of nitrogens with one attached hydrogen (secondary N) is 3. The highest BCUT2D eigenvalue weighted by Gasteiger charge is 2.44. The monoisotopic (exact) mass is 506 g/mol. The van der Waals surface area contributed by atoms with Gasteiger partial charge in [-0.1, -0.05) is 29.8 Å². The average molecular weight is 507 g/mol. The molecule has 9 nitrogen and oxygen atoms in total. The zero-order valence-electron chi connectivity index (χ0n) is 19.3. The van der Waals surface area contributed by atoms with Crippen LogP contribution in [0.5, 0.6) is 0 Å². The average Bonchev–Trinajstić information content (AvgIpc) is 3.59. The van der Waals surface area contributed by atoms with Crippen molar-refractivity contribution in [3.63, 3.8) is 0 Å².